The number of cyclic esters (lactones) is 1. The van der Waals surface area contributed by atoms with Crippen molar-refractivity contribution in [2.45, 2.75) is 109 Å². The van der Waals surface area contributed by atoms with E-state index in [1.807, 2.05) is 0 Å². The summed E-state index contributed by atoms with van der Waals surface area (Å²) in [6, 6.07) is 0. The van der Waals surface area contributed by atoms with Crippen molar-refractivity contribution >= 4 is 11.9 Å². The van der Waals surface area contributed by atoms with E-state index < -0.39 is 42.3 Å². The van der Waals surface area contributed by atoms with Gasteiger partial charge in [0.25, 0.3) is 0 Å². The van der Waals surface area contributed by atoms with Crippen LogP contribution in [0, 0.1) is 0 Å². The van der Waals surface area contributed by atoms with Gasteiger partial charge in [0.05, 0.1) is 6.61 Å². The van der Waals surface area contributed by atoms with Crippen molar-refractivity contribution in [3.05, 3.63) is 11.5 Å². The number of carbonyl (C=O) groups is 2. The average Bonchev–Trinajstić information content (AvgIpc) is 2.99. The molecular weight excluding hydrogens is 376 g/mol. The fourth-order valence-corrected chi connectivity index (χ4v) is 3.38. The molecule has 0 aromatic rings. The lowest BCUT2D eigenvalue weighted by atomic mass is 10.0. The molecule has 7 nitrogen and oxygen atoms in total. The molecule has 7 heteroatoms. The molecule has 1 heterocycles. The lowest BCUT2D eigenvalue weighted by molar-refractivity contribution is -0.151. The molecule has 29 heavy (non-hydrogen) atoms. The zero-order chi connectivity index (χ0) is 21.5. The third kappa shape index (κ3) is 10.1. The Labute approximate surface area is 174 Å². The van der Waals surface area contributed by atoms with Crippen LogP contribution in [-0.4, -0.2) is 46.1 Å². The van der Waals surface area contributed by atoms with Crippen LogP contribution in [0.3, 0.4) is 0 Å². The highest BCUT2D eigenvalue weighted by Gasteiger charge is 2.41. The van der Waals surface area contributed by atoms with Gasteiger partial charge in [-0.25, -0.2) is 4.79 Å². The maximum Gasteiger partial charge on any atom is 0.378 e. The van der Waals surface area contributed by atoms with Gasteiger partial charge in [-0.1, -0.05) is 84.0 Å². The van der Waals surface area contributed by atoms with Crippen molar-refractivity contribution in [1.29, 1.82) is 0 Å². The van der Waals surface area contributed by atoms with Gasteiger partial charge in [0, 0.05) is 6.42 Å². The molecule has 3 N–H and O–H groups in total. The molecule has 0 radical (unpaired) electrons. The van der Waals surface area contributed by atoms with Gasteiger partial charge in [-0.15, -0.1) is 0 Å². The number of esters is 2. The van der Waals surface area contributed by atoms with E-state index in [0.717, 1.165) is 19.3 Å². The molecule has 1 rings (SSSR count). The summed E-state index contributed by atoms with van der Waals surface area (Å²) in [6.07, 6.45) is 13.0. The lowest BCUT2D eigenvalue weighted by Crippen LogP contribution is -2.33. The summed E-state index contributed by atoms with van der Waals surface area (Å²) in [7, 11) is 0. The topological polar surface area (TPSA) is 113 Å². The molecule has 0 fully saturated rings. The quantitative estimate of drug-likeness (QED) is 0.243. The highest BCUT2D eigenvalue weighted by atomic mass is 16.6. The summed E-state index contributed by atoms with van der Waals surface area (Å²) in [5.74, 6) is -2.92. The van der Waals surface area contributed by atoms with Crippen molar-refractivity contribution in [2.24, 2.45) is 0 Å². The minimum atomic E-state index is -1.46. The number of aliphatic hydroxyl groups excluding tert-OH is 3. The van der Waals surface area contributed by atoms with Crippen LogP contribution in [0.2, 0.25) is 0 Å². The second-order valence-corrected chi connectivity index (χ2v) is 7.76. The monoisotopic (exact) mass is 414 g/mol. The van der Waals surface area contributed by atoms with Crippen molar-refractivity contribution < 1.29 is 34.4 Å². The molecule has 0 aromatic carbocycles. The van der Waals surface area contributed by atoms with E-state index in [9.17, 15) is 19.8 Å². The first-order chi connectivity index (χ1) is 14.0. The molecule has 0 aliphatic carbocycles. The minimum absolute atomic E-state index is 0.157. The van der Waals surface area contributed by atoms with Crippen LogP contribution in [0.25, 0.3) is 0 Å². The molecule has 0 amide bonds. The molecule has 168 valence electrons. The van der Waals surface area contributed by atoms with Crippen LogP contribution in [0.5, 0.6) is 0 Å². The number of aliphatic hydroxyl groups is 3. The van der Waals surface area contributed by atoms with E-state index in [1.165, 1.54) is 57.8 Å². The summed E-state index contributed by atoms with van der Waals surface area (Å²) in [6.45, 7) is 1.54. The van der Waals surface area contributed by atoms with E-state index in [0.29, 0.717) is 6.42 Å². The number of unbranched alkanes of at least 4 members (excludes halogenated alkanes) is 12. The van der Waals surface area contributed by atoms with Crippen LogP contribution < -0.4 is 0 Å². The second kappa shape index (κ2) is 15.3. The maximum atomic E-state index is 11.9. The smallest absolute Gasteiger partial charge is 0.378 e. The third-order valence-corrected chi connectivity index (χ3v) is 5.16. The first-order valence-electron chi connectivity index (χ1n) is 11.1. The fraction of sp³-hybridized carbons (Fsp3) is 0.818. The summed E-state index contributed by atoms with van der Waals surface area (Å²) in [4.78, 5) is 23.3. The number of hydrogen-bond acceptors (Lipinski definition) is 7. The molecular formula is C22H38O7. The second-order valence-electron chi connectivity index (χ2n) is 7.76. The molecule has 0 spiro atoms. The Bertz CT molecular complexity index is 515. The summed E-state index contributed by atoms with van der Waals surface area (Å²) < 4.78 is 9.72. The van der Waals surface area contributed by atoms with Gasteiger partial charge in [-0.05, 0) is 6.42 Å². The lowest BCUT2D eigenvalue weighted by Gasteiger charge is -2.17. The number of ether oxygens (including phenoxy) is 2. The summed E-state index contributed by atoms with van der Waals surface area (Å²) >= 11 is 0. The van der Waals surface area contributed by atoms with E-state index in [2.05, 4.69) is 6.92 Å². The standard InChI is InChI=1S/C22H38O7/c1-2-3-4-5-6-7-8-9-10-11-12-13-14-15-18(25)28-21-19(26)22(27)29-20(21)17(24)16-23/h17,20,23-24,26H,2-16H2,1H3/t17-,20+/m0/s1. The molecule has 1 aliphatic heterocycles. The van der Waals surface area contributed by atoms with Crippen LogP contribution in [0.4, 0.5) is 0 Å². The van der Waals surface area contributed by atoms with Crippen LogP contribution in [-0.2, 0) is 19.1 Å². The van der Waals surface area contributed by atoms with E-state index >= 15 is 0 Å². The van der Waals surface area contributed by atoms with Gasteiger partial charge in [-0.2, -0.15) is 0 Å². The van der Waals surface area contributed by atoms with Crippen molar-refractivity contribution in [2.75, 3.05) is 6.61 Å². The largest absolute Gasteiger partial charge is 0.499 e. The number of hydrogen-bond donors (Lipinski definition) is 3. The first kappa shape index (κ1) is 25.4. The molecule has 0 aromatic heterocycles. The Morgan fingerprint density at radius 1 is 0.966 bits per heavy atom. The first-order valence-corrected chi connectivity index (χ1v) is 11.1. The SMILES string of the molecule is CCCCCCCCCCCCCCCC(=O)OC1=C(O)C(=O)O[C@@H]1[C@@H](O)CO. The molecule has 0 unspecified atom stereocenters. The van der Waals surface area contributed by atoms with Crippen LogP contribution >= 0.6 is 0 Å². The maximum absolute atomic E-state index is 11.9. The van der Waals surface area contributed by atoms with Crippen LogP contribution in [0.1, 0.15) is 96.8 Å². The van der Waals surface area contributed by atoms with Crippen molar-refractivity contribution in [1.82, 2.24) is 0 Å². The average molecular weight is 415 g/mol. The molecule has 0 saturated carbocycles. The molecule has 0 bridgehead atoms. The van der Waals surface area contributed by atoms with Crippen LogP contribution in [0.15, 0.2) is 11.5 Å². The van der Waals surface area contributed by atoms with Gasteiger partial charge in [0.15, 0.2) is 6.10 Å². The Balaban J connectivity index is 2.06. The van der Waals surface area contributed by atoms with E-state index in [1.54, 1.807) is 0 Å². The van der Waals surface area contributed by atoms with E-state index in [-0.39, 0.29) is 6.42 Å². The highest BCUT2D eigenvalue weighted by molar-refractivity contribution is 5.90. The predicted molar refractivity (Wildman–Crippen MR) is 109 cm³/mol. The van der Waals surface area contributed by atoms with Gasteiger partial charge in [0.1, 0.15) is 6.10 Å². The summed E-state index contributed by atoms with van der Waals surface area (Å²) in [5, 5.41) is 28.2. The molecule has 2 atom stereocenters. The van der Waals surface area contributed by atoms with Gasteiger partial charge < -0.3 is 24.8 Å². The van der Waals surface area contributed by atoms with Crippen molar-refractivity contribution in [3.8, 4) is 0 Å². The normalized spacial score (nSPS) is 17.5. The Kier molecular flexibility index (Phi) is 13.4. The van der Waals surface area contributed by atoms with Gasteiger partial charge >= 0.3 is 11.9 Å². The zero-order valence-electron chi connectivity index (χ0n) is 17.7. The molecule has 0 saturated heterocycles. The Hall–Kier alpha value is -1.60. The summed E-state index contributed by atoms with van der Waals surface area (Å²) in [5.41, 5.74) is 0. The van der Waals surface area contributed by atoms with Gasteiger partial charge in [0.2, 0.25) is 11.5 Å². The molecule has 1 aliphatic rings. The Morgan fingerprint density at radius 2 is 1.45 bits per heavy atom. The highest BCUT2D eigenvalue weighted by Crippen LogP contribution is 2.25. The number of carbonyl (C=O) groups excluding carboxylic acids is 2. The number of rotatable bonds is 17. The third-order valence-electron chi connectivity index (χ3n) is 5.16. The minimum Gasteiger partial charge on any atom is -0.499 e. The van der Waals surface area contributed by atoms with E-state index in [4.69, 9.17) is 14.6 Å². The fourth-order valence-electron chi connectivity index (χ4n) is 3.38. The van der Waals surface area contributed by atoms with Gasteiger partial charge in [-0.3, -0.25) is 4.79 Å². The van der Waals surface area contributed by atoms with Crippen molar-refractivity contribution in [3.63, 3.8) is 0 Å². The Morgan fingerprint density at radius 3 is 1.93 bits per heavy atom. The zero-order valence-corrected chi connectivity index (χ0v) is 17.7. The predicted octanol–water partition coefficient (Wildman–Crippen LogP) is 4.06.